The van der Waals surface area contributed by atoms with Crippen molar-refractivity contribution in [3.8, 4) is 5.75 Å². The highest BCUT2D eigenvalue weighted by molar-refractivity contribution is 7.99. The van der Waals surface area contributed by atoms with Gasteiger partial charge in [-0.1, -0.05) is 35.5 Å². The Hall–Kier alpha value is -3.07. The van der Waals surface area contributed by atoms with Crippen molar-refractivity contribution in [1.29, 1.82) is 0 Å². The van der Waals surface area contributed by atoms with Gasteiger partial charge in [-0.15, -0.1) is 0 Å². The van der Waals surface area contributed by atoms with E-state index in [1.807, 2.05) is 12.1 Å². The van der Waals surface area contributed by atoms with Gasteiger partial charge in [0.2, 0.25) is 0 Å². The van der Waals surface area contributed by atoms with Crippen molar-refractivity contribution in [2.75, 3.05) is 12.0 Å². The van der Waals surface area contributed by atoms with Crippen LogP contribution in [0.4, 0.5) is 5.69 Å². The van der Waals surface area contributed by atoms with Gasteiger partial charge in [-0.3, -0.25) is 14.9 Å². The first-order chi connectivity index (χ1) is 15.0. The van der Waals surface area contributed by atoms with Crippen LogP contribution in [0, 0.1) is 0 Å². The molecule has 1 fully saturated rings. The fourth-order valence-electron chi connectivity index (χ4n) is 2.92. The smallest absolute Gasteiger partial charge is 0.270 e. The lowest BCUT2D eigenvalue weighted by atomic mass is 10.1. The van der Waals surface area contributed by atoms with Gasteiger partial charge in [0.25, 0.3) is 11.8 Å². The third kappa shape index (κ3) is 4.51. The van der Waals surface area contributed by atoms with E-state index >= 15 is 0 Å². The van der Waals surface area contributed by atoms with E-state index < -0.39 is 11.8 Å². The van der Waals surface area contributed by atoms with Crippen molar-refractivity contribution in [3.05, 3.63) is 77.0 Å². The summed E-state index contributed by atoms with van der Waals surface area (Å²) in [7, 11) is 1.49. The molecule has 0 spiro atoms. The van der Waals surface area contributed by atoms with E-state index in [9.17, 15) is 9.59 Å². The number of para-hydroxylation sites is 2. The number of anilines is 1. The summed E-state index contributed by atoms with van der Waals surface area (Å²) in [6.07, 6.45) is 1.40. The van der Waals surface area contributed by atoms with Gasteiger partial charge >= 0.3 is 0 Å². The quantitative estimate of drug-likeness (QED) is 0.324. The number of methoxy groups -OCH3 is 1. The van der Waals surface area contributed by atoms with E-state index in [1.54, 1.807) is 48.5 Å². The summed E-state index contributed by atoms with van der Waals surface area (Å²) in [4.78, 5) is 27.8. The first-order valence-electron chi connectivity index (χ1n) is 9.04. The van der Waals surface area contributed by atoms with E-state index in [0.717, 1.165) is 4.90 Å². The summed E-state index contributed by atoms with van der Waals surface area (Å²) >= 11 is 12.5. The van der Waals surface area contributed by atoms with Crippen LogP contribution in [0.25, 0.3) is 6.08 Å². The molecule has 0 radical (unpaired) electrons. The number of hydrogen-bond acceptors (Lipinski definition) is 6. The number of ether oxygens (including phenoxy) is 1. The first kappa shape index (κ1) is 21.2. The number of benzene rings is 2. The highest BCUT2D eigenvalue weighted by Crippen LogP contribution is 2.33. The number of halogens is 1. The van der Waals surface area contributed by atoms with Gasteiger partial charge < -0.3 is 9.15 Å². The van der Waals surface area contributed by atoms with Crippen LogP contribution in [0.2, 0.25) is 5.02 Å². The average Bonchev–Trinajstić information content (AvgIpc) is 3.20. The Morgan fingerprint density at radius 3 is 2.58 bits per heavy atom. The van der Waals surface area contributed by atoms with Crippen molar-refractivity contribution >= 4 is 64.3 Å². The standard InChI is InChI=1S/C22H15ClN2O4S2/c1-28-18-5-3-2-4-17(18)25-21(27)16(20(26)24-22(25)30)12-14-8-11-19(29-14)31-15-9-6-13(23)7-10-15/h2-12H,1H3,(H,24,26,30)/b16-12-. The molecule has 1 aromatic heterocycles. The van der Waals surface area contributed by atoms with Crippen LogP contribution in [0.15, 0.2) is 80.6 Å². The van der Waals surface area contributed by atoms with Crippen molar-refractivity contribution in [2.24, 2.45) is 0 Å². The lowest BCUT2D eigenvalue weighted by Crippen LogP contribution is -2.54. The maximum absolute atomic E-state index is 13.1. The number of amides is 2. The number of furan rings is 1. The SMILES string of the molecule is COc1ccccc1N1C(=O)/C(=C\c2ccc(Sc3ccc(Cl)cc3)o2)C(=O)NC1=S. The molecule has 1 aliphatic rings. The Balaban J connectivity index is 1.61. The van der Waals surface area contributed by atoms with Gasteiger partial charge in [0.15, 0.2) is 10.2 Å². The molecule has 1 N–H and O–H groups in total. The van der Waals surface area contributed by atoms with Crippen LogP contribution in [0.1, 0.15) is 5.76 Å². The van der Waals surface area contributed by atoms with Gasteiger partial charge in [-0.05, 0) is 66.8 Å². The maximum atomic E-state index is 13.1. The highest BCUT2D eigenvalue weighted by Gasteiger charge is 2.36. The monoisotopic (exact) mass is 470 g/mol. The molecule has 31 heavy (non-hydrogen) atoms. The minimum Gasteiger partial charge on any atom is -0.495 e. The first-order valence-corrected chi connectivity index (χ1v) is 10.6. The van der Waals surface area contributed by atoms with Gasteiger partial charge in [0, 0.05) is 9.92 Å². The molecule has 3 aromatic rings. The zero-order valence-electron chi connectivity index (χ0n) is 16.1. The van der Waals surface area contributed by atoms with Crippen LogP contribution in [0.5, 0.6) is 5.75 Å². The number of nitrogens with zero attached hydrogens (tertiary/aromatic N) is 1. The largest absolute Gasteiger partial charge is 0.495 e. The van der Waals surface area contributed by atoms with Crippen LogP contribution in [-0.2, 0) is 9.59 Å². The molecular weight excluding hydrogens is 456 g/mol. The van der Waals surface area contributed by atoms with Crippen molar-refractivity contribution in [3.63, 3.8) is 0 Å². The molecule has 0 saturated carbocycles. The van der Waals surface area contributed by atoms with Crippen LogP contribution in [0.3, 0.4) is 0 Å². The second kappa shape index (κ2) is 8.97. The van der Waals surface area contributed by atoms with Crippen molar-refractivity contribution < 1.29 is 18.7 Å². The molecule has 0 bridgehead atoms. The Bertz CT molecular complexity index is 1200. The fraction of sp³-hybridized carbons (Fsp3) is 0.0455. The van der Waals surface area contributed by atoms with Crippen LogP contribution in [-0.4, -0.2) is 24.0 Å². The number of thiocarbonyl (C=S) groups is 1. The van der Waals surface area contributed by atoms with E-state index in [4.69, 9.17) is 33.0 Å². The normalized spacial score (nSPS) is 15.4. The number of rotatable bonds is 5. The number of carbonyl (C=O) groups excluding carboxylic acids is 2. The molecule has 4 rings (SSSR count). The topological polar surface area (TPSA) is 71.8 Å². The minimum atomic E-state index is -0.593. The molecule has 9 heteroatoms. The molecule has 1 saturated heterocycles. The van der Waals surface area contributed by atoms with E-state index in [0.29, 0.717) is 27.3 Å². The molecule has 0 aliphatic carbocycles. The summed E-state index contributed by atoms with van der Waals surface area (Å²) in [5.41, 5.74) is 0.334. The molecule has 2 heterocycles. The molecular formula is C22H15ClN2O4S2. The predicted octanol–water partition coefficient (Wildman–Crippen LogP) is 4.92. The lowest BCUT2D eigenvalue weighted by molar-refractivity contribution is -0.122. The van der Waals surface area contributed by atoms with Gasteiger partial charge in [-0.2, -0.15) is 0 Å². The number of hydrogen-bond donors (Lipinski definition) is 1. The van der Waals surface area contributed by atoms with Gasteiger partial charge in [0.05, 0.1) is 12.8 Å². The van der Waals surface area contributed by atoms with Crippen LogP contribution < -0.4 is 15.0 Å². The summed E-state index contributed by atoms with van der Waals surface area (Å²) in [6, 6.07) is 17.7. The molecule has 6 nitrogen and oxygen atoms in total. The Labute approximate surface area is 192 Å². The number of carbonyl (C=O) groups is 2. The lowest BCUT2D eigenvalue weighted by Gasteiger charge is -2.29. The molecule has 2 aromatic carbocycles. The molecule has 156 valence electrons. The average molecular weight is 471 g/mol. The number of nitrogens with one attached hydrogen (secondary N) is 1. The molecule has 2 amide bonds. The molecule has 1 aliphatic heterocycles. The Morgan fingerprint density at radius 2 is 1.84 bits per heavy atom. The van der Waals surface area contributed by atoms with E-state index in [2.05, 4.69) is 5.32 Å². The van der Waals surface area contributed by atoms with Crippen molar-refractivity contribution in [1.82, 2.24) is 5.32 Å². The third-order valence-electron chi connectivity index (χ3n) is 4.35. The predicted molar refractivity (Wildman–Crippen MR) is 123 cm³/mol. The minimum absolute atomic E-state index is 0.0184. The molecule has 0 atom stereocenters. The Kier molecular flexibility index (Phi) is 6.13. The molecule has 0 unspecified atom stereocenters. The summed E-state index contributed by atoms with van der Waals surface area (Å²) in [6.45, 7) is 0. The zero-order chi connectivity index (χ0) is 22.0. The zero-order valence-corrected chi connectivity index (χ0v) is 18.5. The van der Waals surface area contributed by atoms with E-state index in [1.165, 1.54) is 29.8 Å². The maximum Gasteiger partial charge on any atom is 0.270 e. The third-order valence-corrected chi connectivity index (χ3v) is 5.81. The summed E-state index contributed by atoms with van der Waals surface area (Å²) in [5, 5.41) is 3.78. The fourth-order valence-corrected chi connectivity index (χ4v) is 4.10. The highest BCUT2D eigenvalue weighted by atomic mass is 35.5. The van der Waals surface area contributed by atoms with Crippen molar-refractivity contribution in [2.45, 2.75) is 9.99 Å². The summed E-state index contributed by atoms with van der Waals surface area (Å²) in [5.74, 6) is -0.345. The second-order valence-electron chi connectivity index (χ2n) is 6.34. The van der Waals surface area contributed by atoms with E-state index in [-0.39, 0.29) is 10.7 Å². The van der Waals surface area contributed by atoms with Crippen LogP contribution >= 0.6 is 35.6 Å². The second-order valence-corrected chi connectivity index (χ2v) is 8.24. The summed E-state index contributed by atoms with van der Waals surface area (Å²) < 4.78 is 11.1. The Morgan fingerprint density at radius 1 is 1.10 bits per heavy atom. The van der Waals surface area contributed by atoms with Gasteiger partial charge in [0.1, 0.15) is 17.1 Å². The van der Waals surface area contributed by atoms with Gasteiger partial charge in [-0.25, -0.2) is 4.90 Å².